The Morgan fingerprint density at radius 1 is 1.03 bits per heavy atom. The van der Waals surface area contributed by atoms with Crippen LogP contribution in [0.25, 0.3) is 6.08 Å². The molecule has 3 aromatic carbocycles. The van der Waals surface area contributed by atoms with Gasteiger partial charge in [-0.05, 0) is 72.7 Å². The Morgan fingerprint density at radius 3 is 2.37 bits per heavy atom. The second kappa shape index (κ2) is 12.3. The lowest BCUT2D eigenvalue weighted by molar-refractivity contribution is -0.112. The van der Waals surface area contributed by atoms with Gasteiger partial charge in [0.25, 0.3) is 5.91 Å². The largest absolute Gasteiger partial charge is 0.493 e. The van der Waals surface area contributed by atoms with Gasteiger partial charge in [0.1, 0.15) is 18.2 Å². The number of ether oxygens (including phenoxy) is 3. The molecule has 178 valence electrons. The Kier molecular flexibility index (Phi) is 8.88. The molecule has 0 unspecified atom stereocenters. The number of rotatable bonds is 9. The van der Waals surface area contributed by atoms with Crippen molar-refractivity contribution in [2.75, 3.05) is 19.0 Å². The van der Waals surface area contributed by atoms with Crippen molar-refractivity contribution >= 4 is 35.2 Å². The Bertz CT molecular complexity index is 1260. The highest BCUT2D eigenvalue weighted by molar-refractivity contribution is 6.30. The third kappa shape index (κ3) is 7.10. The summed E-state index contributed by atoms with van der Waals surface area (Å²) in [6.07, 6.45) is 1.45. The molecule has 7 nitrogen and oxygen atoms in total. The van der Waals surface area contributed by atoms with Gasteiger partial charge in [-0.1, -0.05) is 29.8 Å². The first kappa shape index (κ1) is 25.3. The number of esters is 1. The molecule has 0 aromatic heterocycles. The number of anilines is 1. The number of methoxy groups -OCH3 is 1. The van der Waals surface area contributed by atoms with Crippen LogP contribution in [0.3, 0.4) is 0 Å². The van der Waals surface area contributed by atoms with Crippen molar-refractivity contribution in [1.82, 2.24) is 0 Å². The zero-order chi connectivity index (χ0) is 25.2. The molecular formula is C27H23ClN2O5. The third-order valence-electron chi connectivity index (χ3n) is 4.83. The van der Waals surface area contributed by atoms with E-state index in [-0.39, 0.29) is 12.2 Å². The van der Waals surface area contributed by atoms with E-state index in [2.05, 4.69) is 5.32 Å². The minimum Gasteiger partial charge on any atom is -0.493 e. The number of hydrogen-bond donors (Lipinski definition) is 1. The summed E-state index contributed by atoms with van der Waals surface area (Å²) in [5.74, 6) is -0.0554. The summed E-state index contributed by atoms with van der Waals surface area (Å²) in [7, 11) is 1.51. The summed E-state index contributed by atoms with van der Waals surface area (Å²) < 4.78 is 16.2. The van der Waals surface area contributed by atoms with E-state index >= 15 is 0 Å². The van der Waals surface area contributed by atoms with Crippen molar-refractivity contribution in [2.24, 2.45) is 0 Å². The summed E-state index contributed by atoms with van der Waals surface area (Å²) in [6, 6.07) is 20.5. The van der Waals surface area contributed by atoms with Crippen LogP contribution < -0.4 is 14.8 Å². The summed E-state index contributed by atoms with van der Waals surface area (Å²) in [5, 5.41) is 12.8. The van der Waals surface area contributed by atoms with E-state index in [0.717, 1.165) is 5.56 Å². The molecule has 0 saturated heterocycles. The lowest BCUT2D eigenvalue weighted by atomic mass is 10.1. The number of carbonyl (C=O) groups is 2. The molecule has 0 aliphatic carbocycles. The highest BCUT2D eigenvalue weighted by Crippen LogP contribution is 2.30. The molecule has 35 heavy (non-hydrogen) atoms. The molecular weight excluding hydrogens is 468 g/mol. The molecule has 0 radical (unpaired) electrons. The van der Waals surface area contributed by atoms with Gasteiger partial charge in [-0.2, -0.15) is 5.26 Å². The van der Waals surface area contributed by atoms with Crippen LogP contribution >= 0.6 is 11.6 Å². The zero-order valence-corrected chi connectivity index (χ0v) is 20.0. The molecule has 3 rings (SSSR count). The van der Waals surface area contributed by atoms with Crippen LogP contribution in [-0.4, -0.2) is 25.6 Å². The normalized spacial score (nSPS) is 10.7. The minimum atomic E-state index is -0.585. The lowest BCUT2D eigenvalue weighted by Crippen LogP contribution is -2.13. The first-order valence-electron chi connectivity index (χ1n) is 10.7. The van der Waals surface area contributed by atoms with E-state index in [1.54, 1.807) is 49.4 Å². The van der Waals surface area contributed by atoms with Gasteiger partial charge in [-0.3, -0.25) is 4.79 Å². The maximum absolute atomic E-state index is 12.6. The van der Waals surface area contributed by atoms with Crippen LogP contribution in [-0.2, 0) is 16.1 Å². The topological polar surface area (TPSA) is 97.7 Å². The molecule has 0 spiro atoms. The smallest absolute Gasteiger partial charge is 0.338 e. The van der Waals surface area contributed by atoms with Crippen molar-refractivity contribution in [3.63, 3.8) is 0 Å². The molecule has 0 aliphatic rings. The van der Waals surface area contributed by atoms with Gasteiger partial charge in [0.2, 0.25) is 0 Å². The van der Waals surface area contributed by atoms with Crippen molar-refractivity contribution in [3.05, 3.63) is 94.0 Å². The number of benzene rings is 3. The fraction of sp³-hybridized carbons (Fsp3) is 0.148. The highest BCUT2D eigenvalue weighted by atomic mass is 35.5. The van der Waals surface area contributed by atoms with E-state index in [1.807, 2.05) is 18.2 Å². The van der Waals surface area contributed by atoms with Gasteiger partial charge in [0.15, 0.2) is 11.5 Å². The molecule has 1 amide bonds. The average molecular weight is 491 g/mol. The summed E-state index contributed by atoms with van der Waals surface area (Å²) in [5.41, 5.74) is 2.24. The number of nitriles is 1. The molecule has 0 atom stereocenters. The van der Waals surface area contributed by atoms with Gasteiger partial charge in [0.05, 0.1) is 19.3 Å². The number of hydrogen-bond acceptors (Lipinski definition) is 6. The van der Waals surface area contributed by atoms with Crippen LogP contribution in [0.1, 0.15) is 28.4 Å². The molecule has 1 N–H and O–H groups in total. The minimum absolute atomic E-state index is 0.101. The number of carbonyl (C=O) groups excluding carboxylic acids is 2. The van der Waals surface area contributed by atoms with E-state index in [1.165, 1.54) is 25.3 Å². The summed E-state index contributed by atoms with van der Waals surface area (Å²) >= 11 is 5.91. The fourth-order valence-electron chi connectivity index (χ4n) is 3.05. The molecule has 0 heterocycles. The average Bonchev–Trinajstić information content (AvgIpc) is 2.87. The summed E-state index contributed by atoms with van der Waals surface area (Å²) in [4.78, 5) is 24.4. The molecule has 0 fully saturated rings. The highest BCUT2D eigenvalue weighted by Gasteiger charge is 2.12. The van der Waals surface area contributed by atoms with E-state index in [0.29, 0.717) is 39.9 Å². The Labute approximate surface area is 208 Å². The SMILES string of the molecule is CCOC(=O)c1ccc(NC(=O)/C(C#N)=C/c2ccc(OCc3ccc(Cl)cc3)c(OC)c2)cc1. The van der Waals surface area contributed by atoms with Crippen molar-refractivity contribution in [1.29, 1.82) is 5.26 Å². The van der Waals surface area contributed by atoms with Crippen molar-refractivity contribution in [3.8, 4) is 17.6 Å². The van der Waals surface area contributed by atoms with Crippen LogP contribution in [0.15, 0.2) is 72.3 Å². The van der Waals surface area contributed by atoms with E-state index < -0.39 is 11.9 Å². The maximum atomic E-state index is 12.6. The van der Waals surface area contributed by atoms with Crippen molar-refractivity contribution in [2.45, 2.75) is 13.5 Å². The van der Waals surface area contributed by atoms with Crippen LogP contribution in [0, 0.1) is 11.3 Å². The Balaban J connectivity index is 1.70. The van der Waals surface area contributed by atoms with Gasteiger partial charge >= 0.3 is 5.97 Å². The molecule has 0 bridgehead atoms. The standard InChI is InChI=1S/C27H23ClN2O5/c1-3-34-27(32)20-7-11-23(12-8-20)30-26(31)21(16-29)14-19-6-13-24(25(15-19)33-2)35-17-18-4-9-22(28)10-5-18/h4-15H,3,17H2,1-2H3,(H,30,31)/b21-14+. The quantitative estimate of drug-likeness (QED) is 0.236. The number of halogens is 1. The first-order valence-corrected chi connectivity index (χ1v) is 11.1. The lowest BCUT2D eigenvalue weighted by Gasteiger charge is -2.12. The fourth-order valence-corrected chi connectivity index (χ4v) is 3.18. The van der Waals surface area contributed by atoms with Gasteiger partial charge < -0.3 is 19.5 Å². The second-order valence-corrected chi connectivity index (χ2v) is 7.68. The maximum Gasteiger partial charge on any atom is 0.338 e. The van der Waals surface area contributed by atoms with E-state index in [9.17, 15) is 14.9 Å². The third-order valence-corrected chi connectivity index (χ3v) is 5.08. The summed E-state index contributed by atoms with van der Waals surface area (Å²) in [6.45, 7) is 2.32. The van der Waals surface area contributed by atoms with Crippen LogP contribution in [0.2, 0.25) is 5.02 Å². The Morgan fingerprint density at radius 2 is 1.74 bits per heavy atom. The van der Waals surface area contributed by atoms with Crippen LogP contribution in [0.5, 0.6) is 11.5 Å². The number of nitrogens with one attached hydrogen (secondary N) is 1. The zero-order valence-electron chi connectivity index (χ0n) is 19.2. The molecule has 3 aromatic rings. The number of amides is 1. The second-order valence-electron chi connectivity index (χ2n) is 7.25. The Hall–Kier alpha value is -4.28. The van der Waals surface area contributed by atoms with Gasteiger partial charge in [-0.15, -0.1) is 0 Å². The molecule has 0 saturated carbocycles. The monoisotopic (exact) mass is 490 g/mol. The molecule has 8 heteroatoms. The van der Waals surface area contributed by atoms with Crippen LogP contribution in [0.4, 0.5) is 5.69 Å². The van der Waals surface area contributed by atoms with Gasteiger partial charge in [0, 0.05) is 10.7 Å². The first-order chi connectivity index (χ1) is 16.9. The van der Waals surface area contributed by atoms with E-state index in [4.69, 9.17) is 25.8 Å². The molecule has 0 aliphatic heterocycles. The van der Waals surface area contributed by atoms with Gasteiger partial charge in [-0.25, -0.2) is 4.79 Å². The predicted molar refractivity (Wildman–Crippen MR) is 133 cm³/mol. The predicted octanol–water partition coefficient (Wildman–Crippen LogP) is 5.65. The van der Waals surface area contributed by atoms with Crippen molar-refractivity contribution < 1.29 is 23.8 Å². The number of nitrogens with zero attached hydrogens (tertiary/aromatic N) is 1.